The smallest absolute Gasteiger partial charge is 0.227 e. The van der Waals surface area contributed by atoms with Gasteiger partial charge in [-0.05, 0) is 6.42 Å². The molecule has 1 aliphatic rings. The van der Waals surface area contributed by atoms with Crippen LogP contribution in [0.4, 0.5) is 0 Å². The number of nitriles is 1. The van der Waals surface area contributed by atoms with Gasteiger partial charge in [-0.25, -0.2) is 8.42 Å². The summed E-state index contributed by atoms with van der Waals surface area (Å²) < 4.78 is 24.7. The number of rotatable bonds is 5. The Morgan fingerprint density at radius 2 is 2.21 bits per heavy atom. The van der Waals surface area contributed by atoms with Crippen molar-refractivity contribution in [2.75, 3.05) is 25.4 Å². The van der Waals surface area contributed by atoms with Crippen LogP contribution < -0.4 is 5.32 Å². The monoisotopic (exact) mass is 217 g/mol. The zero-order valence-corrected chi connectivity index (χ0v) is 9.05. The fourth-order valence-corrected chi connectivity index (χ4v) is 2.80. The normalized spacial score (nSPS) is 17.8. The van der Waals surface area contributed by atoms with Gasteiger partial charge >= 0.3 is 0 Å². The second-order valence-corrected chi connectivity index (χ2v) is 5.26. The lowest BCUT2D eigenvalue weighted by molar-refractivity contribution is 0.242. The lowest BCUT2D eigenvalue weighted by Gasteiger charge is -2.36. The van der Waals surface area contributed by atoms with E-state index in [9.17, 15) is 8.42 Å². The molecule has 0 aliphatic carbocycles. The molecule has 0 saturated carbocycles. The summed E-state index contributed by atoms with van der Waals surface area (Å²) in [5.74, 6) is -0.413. The predicted molar refractivity (Wildman–Crippen MR) is 53.1 cm³/mol. The van der Waals surface area contributed by atoms with Crippen molar-refractivity contribution in [2.45, 2.75) is 19.4 Å². The molecule has 1 saturated heterocycles. The van der Waals surface area contributed by atoms with Crippen LogP contribution in [-0.4, -0.2) is 44.2 Å². The standard InChI is InChI=1S/C8H15N3O2S/c1-2-4-11(8-6-10-7-8)14(12,13)5-3-9/h8,10H,2,4-7H2,1H3. The van der Waals surface area contributed by atoms with Gasteiger partial charge < -0.3 is 5.32 Å². The quantitative estimate of drug-likeness (QED) is 0.675. The zero-order chi connectivity index (χ0) is 10.6. The van der Waals surface area contributed by atoms with Crippen molar-refractivity contribution in [3.05, 3.63) is 0 Å². The molecule has 0 aromatic rings. The zero-order valence-electron chi connectivity index (χ0n) is 8.23. The van der Waals surface area contributed by atoms with E-state index in [-0.39, 0.29) is 6.04 Å². The number of sulfonamides is 1. The molecule has 80 valence electrons. The first-order valence-corrected chi connectivity index (χ1v) is 6.30. The highest BCUT2D eigenvalue weighted by atomic mass is 32.2. The van der Waals surface area contributed by atoms with Crippen LogP contribution in [0.15, 0.2) is 0 Å². The van der Waals surface area contributed by atoms with E-state index in [2.05, 4.69) is 5.32 Å². The number of nitrogens with zero attached hydrogens (tertiary/aromatic N) is 2. The van der Waals surface area contributed by atoms with E-state index in [1.54, 1.807) is 6.07 Å². The molecule has 1 fully saturated rings. The number of hydrogen-bond acceptors (Lipinski definition) is 4. The second-order valence-electron chi connectivity index (χ2n) is 3.34. The van der Waals surface area contributed by atoms with E-state index in [4.69, 9.17) is 5.26 Å². The number of hydrogen-bond donors (Lipinski definition) is 1. The average molecular weight is 217 g/mol. The van der Waals surface area contributed by atoms with Crippen LogP contribution in [0.2, 0.25) is 0 Å². The minimum absolute atomic E-state index is 0.0494. The summed E-state index contributed by atoms with van der Waals surface area (Å²) in [5, 5.41) is 11.4. The van der Waals surface area contributed by atoms with Crippen LogP contribution in [-0.2, 0) is 10.0 Å². The van der Waals surface area contributed by atoms with Gasteiger partial charge in [-0.3, -0.25) is 0 Å². The molecule has 1 heterocycles. The van der Waals surface area contributed by atoms with Crippen LogP contribution in [0.1, 0.15) is 13.3 Å². The third-order valence-corrected chi connectivity index (χ3v) is 3.90. The summed E-state index contributed by atoms with van der Waals surface area (Å²) in [6, 6.07) is 1.75. The molecular formula is C8H15N3O2S. The van der Waals surface area contributed by atoms with Crippen molar-refractivity contribution in [3.63, 3.8) is 0 Å². The summed E-state index contributed by atoms with van der Waals surface area (Å²) >= 11 is 0. The molecule has 1 rings (SSSR count). The molecule has 0 aromatic heterocycles. The third-order valence-electron chi connectivity index (χ3n) is 2.22. The Labute approximate surface area is 84.8 Å². The molecule has 1 aliphatic heterocycles. The highest BCUT2D eigenvalue weighted by Gasteiger charge is 2.32. The van der Waals surface area contributed by atoms with Gasteiger partial charge in [-0.15, -0.1) is 0 Å². The van der Waals surface area contributed by atoms with Gasteiger partial charge in [0, 0.05) is 25.7 Å². The maximum absolute atomic E-state index is 11.6. The van der Waals surface area contributed by atoms with Gasteiger partial charge in [0.05, 0.1) is 6.07 Å². The van der Waals surface area contributed by atoms with Crippen LogP contribution in [0.25, 0.3) is 0 Å². The molecule has 0 unspecified atom stereocenters. The molecule has 0 amide bonds. The first-order chi connectivity index (χ1) is 6.61. The molecule has 1 N–H and O–H groups in total. The lowest BCUT2D eigenvalue weighted by Crippen LogP contribution is -2.59. The number of nitrogens with one attached hydrogen (secondary N) is 1. The van der Waals surface area contributed by atoms with Crippen molar-refractivity contribution in [3.8, 4) is 6.07 Å². The first kappa shape index (κ1) is 11.4. The van der Waals surface area contributed by atoms with E-state index >= 15 is 0 Å². The van der Waals surface area contributed by atoms with Gasteiger partial charge in [0.15, 0.2) is 5.75 Å². The molecule has 0 aromatic carbocycles. The SMILES string of the molecule is CCCN(C1CNC1)S(=O)(=O)CC#N. The summed E-state index contributed by atoms with van der Waals surface area (Å²) in [5.41, 5.74) is 0. The maximum atomic E-state index is 11.6. The van der Waals surface area contributed by atoms with Crippen molar-refractivity contribution < 1.29 is 8.42 Å². The molecule has 6 heteroatoms. The van der Waals surface area contributed by atoms with Crippen molar-refractivity contribution in [1.29, 1.82) is 5.26 Å². The van der Waals surface area contributed by atoms with Gasteiger partial charge in [-0.2, -0.15) is 9.57 Å². The van der Waals surface area contributed by atoms with E-state index in [0.717, 1.165) is 6.42 Å². The predicted octanol–water partition coefficient (Wildman–Crippen LogP) is -0.476. The van der Waals surface area contributed by atoms with E-state index < -0.39 is 15.8 Å². The summed E-state index contributed by atoms with van der Waals surface area (Å²) in [6.07, 6.45) is 0.779. The van der Waals surface area contributed by atoms with Crippen LogP contribution >= 0.6 is 0 Å². The van der Waals surface area contributed by atoms with Crippen LogP contribution in [0.5, 0.6) is 0 Å². The van der Waals surface area contributed by atoms with E-state index in [1.165, 1.54) is 4.31 Å². The van der Waals surface area contributed by atoms with Crippen molar-refractivity contribution in [2.24, 2.45) is 0 Å². The Balaban J connectivity index is 2.71. The maximum Gasteiger partial charge on any atom is 0.227 e. The van der Waals surface area contributed by atoms with Crippen molar-refractivity contribution in [1.82, 2.24) is 9.62 Å². The molecule has 0 atom stereocenters. The third kappa shape index (κ3) is 2.44. The highest BCUT2D eigenvalue weighted by Crippen LogP contribution is 2.12. The van der Waals surface area contributed by atoms with Gasteiger partial charge in [0.2, 0.25) is 10.0 Å². The Hall–Kier alpha value is -0.640. The van der Waals surface area contributed by atoms with Crippen molar-refractivity contribution >= 4 is 10.0 Å². The summed E-state index contributed by atoms with van der Waals surface area (Å²) in [4.78, 5) is 0. The first-order valence-electron chi connectivity index (χ1n) is 4.69. The topological polar surface area (TPSA) is 73.2 Å². The average Bonchev–Trinajstić information content (AvgIpc) is 2.00. The Morgan fingerprint density at radius 1 is 1.57 bits per heavy atom. The van der Waals surface area contributed by atoms with Crippen LogP contribution in [0.3, 0.4) is 0 Å². The Bertz CT molecular complexity index is 316. The Morgan fingerprint density at radius 3 is 2.57 bits per heavy atom. The van der Waals surface area contributed by atoms with Crippen LogP contribution in [0, 0.1) is 11.3 Å². The summed E-state index contributed by atoms with van der Waals surface area (Å²) in [7, 11) is -3.36. The highest BCUT2D eigenvalue weighted by molar-refractivity contribution is 7.89. The fourth-order valence-electron chi connectivity index (χ4n) is 1.41. The van der Waals surface area contributed by atoms with E-state index in [1.807, 2.05) is 6.92 Å². The molecule has 0 spiro atoms. The minimum Gasteiger partial charge on any atom is -0.313 e. The van der Waals surface area contributed by atoms with E-state index in [0.29, 0.717) is 19.6 Å². The Kier molecular flexibility index (Phi) is 3.86. The molecular weight excluding hydrogens is 202 g/mol. The molecule has 0 radical (unpaired) electrons. The molecule has 0 bridgehead atoms. The fraction of sp³-hybridized carbons (Fsp3) is 0.875. The van der Waals surface area contributed by atoms with Gasteiger partial charge in [-0.1, -0.05) is 6.92 Å². The van der Waals surface area contributed by atoms with Gasteiger partial charge in [0.1, 0.15) is 0 Å². The van der Waals surface area contributed by atoms with Gasteiger partial charge in [0.25, 0.3) is 0 Å². The minimum atomic E-state index is -3.36. The molecule has 14 heavy (non-hydrogen) atoms. The second kappa shape index (κ2) is 4.73. The largest absolute Gasteiger partial charge is 0.313 e. The summed E-state index contributed by atoms with van der Waals surface area (Å²) in [6.45, 7) is 3.84. The molecule has 5 nitrogen and oxygen atoms in total. The lowest BCUT2D eigenvalue weighted by atomic mass is 10.2.